The molecule has 2 rings (SSSR count). The van der Waals surface area contributed by atoms with Gasteiger partial charge in [0, 0.05) is 27.6 Å². The van der Waals surface area contributed by atoms with E-state index in [0.717, 1.165) is 17.3 Å². The molecule has 8 heteroatoms. The quantitative estimate of drug-likeness (QED) is 0.427. The minimum atomic E-state index is -0.686. The molecule has 1 N–H and O–H groups in total. The molecule has 30 heavy (non-hydrogen) atoms. The van der Waals surface area contributed by atoms with Crippen molar-refractivity contribution in [2.75, 3.05) is 13.2 Å². The van der Waals surface area contributed by atoms with Gasteiger partial charge in [-0.2, -0.15) is 0 Å². The first-order chi connectivity index (χ1) is 14.3. The second kappa shape index (κ2) is 12.2. The number of ether oxygens (including phenoxy) is 1. The molecule has 2 aromatic rings. The number of nitrogens with one attached hydrogen (secondary N) is 1. The van der Waals surface area contributed by atoms with Crippen molar-refractivity contribution >= 4 is 50.9 Å². The van der Waals surface area contributed by atoms with Gasteiger partial charge in [-0.15, -0.1) is 0 Å². The van der Waals surface area contributed by atoms with Gasteiger partial charge in [0.2, 0.25) is 5.91 Å². The van der Waals surface area contributed by atoms with Crippen LogP contribution in [0.15, 0.2) is 46.9 Å². The lowest BCUT2D eigenvalue weighted by atomic mass is 10.1. The fourth-order valence-electron chi connectivity index (χ4n) is 2.71. The van der Waals surface area contributed by atoms with Crippen LogP contribution in [0.1, 0.15) is 32.3 Å². The number of unbranched alkanes of at least 4 members (excludes halogenated alkanes) is 1. The molecule has 0 aliphatic carbocycles. The van der Waals surface area contributed by atoms with Crippen LogP contribution in [0.2, 0.25) is 10.0 Å². The molecule has 0 spiro atoms. The van der Waals surface area contributed by atoms with E-state index in [9.17, 15) is 9.59 Å². The Morgan fingerprint density at radius 2 is 1.87 bits per heavy atom. The summed E-state index contributed by atoms with van der Waals surface area (Å²) in [5.74, 6) is 0.0312. The van der Waals surface area contributed by atoms with Crippen molar-refractivity contribution in [3.8, 4) is 5.75 Å². The van der Waals surface area contributed by atoms with E-state index in [-0.39, 0.29) is 25.0 Å². The van der Waals surface area contributed by atoms with Crippen LogP contribution in [0.4, 0.5) is 0 Å². The molecule has 1 atom stereocenters. The van der Waals surface area contributed by atoms with Crippen molar-refractivity contribution in [1.29, 1.82) is 0 Å². The lowest BCUT2D eigenvalue weighted by Gasteiger charge is -2.29. The van der Waals surface area contributed by atoms with Crippen molar-refractivity contribution in [3.05, 3.63) is 62.5 Å². The largest absolute Gasteiger partial charge is 0.484 e. The smallest absolute Gasteiger partial charge is 0.261 e. The summed E-state index contributed by atoms with van der Waals surface area (Å²) in [4.78, 5) is 27.1. The molecule has 0 aliphatic heterocycles. The van der Waals surface area contributed by atoms with E-state index < -0.39 is 6.04 Å². The van der Waals surface area contributed by atoms with Gasteiger partial charge in [0.25, 0.3) is 5.91 Å². The number of halogens is 3. The predicted octanol–water partition coefficient (Wildman–Crippen LogP) is 5.47. The summed E-state index contributed by atoms with van der Waals surface area (Å²) in [5.41, 5.74) is 0.700. The number of amides is 2. The molecule has 0 bridgehead atoms. The van der Waals surface area contributed by atoms with Crippen molar-refractivity contribution < 1.29 is 14.3 Å². The fraction of sp³-hybridized carbons (Fsp3) is 0.364. The minimum Gasteiger partial charge on any atom is -0.484 e. The van der Waals surface area contributed by atoms with Crippen LogP contribution in [0.5, 0.6) is 5.75 Å². The van der Waals surface area contributed by atoms with Crippen LogP contribution in [-0.4, -0.2) is 35.9 Å². The van der Waals surface area contributed by atoms with Crippen LogP contribution in [-0.2, 0) is 16.1 Å². The summed E-state index contributed by atoms with van der Waals surface area (Å²) >= 11 is 15.6. The highest BCUT2D eigenvalue weighted by atomic mass is 79.9. The zero-order chi connectivity index (χ0) is 22.1. The summed E-state index contributed by atoms with van der Waals surface area (Å²) in [6, 6.07) is 11.6. The Bertz CT molecular complexity index is 862. The highest BCUT2D eigenvalue weighted by Gasteiger charge is 2.27. The summed E-state index contributed by atoms with van der Waals surface area (Å²) < 4.78 is 6.54. The van der Waals surface area contributed by atoms with Crippen LogP contribution in [0, 0.1) is 0 Å². The third kappa shape index (κ3) is 7.49. The van der Waals surface area contributed by atoms with E-state index in [1.807, 2.05) is 19.1 Å². The van der Waals surface area contributed by atoms with Gasteiger partial charge in [0.05, 0.1) is 0 Å². The second-order valence-electron chi connectivity index (χ2n) is 6.82. The molecule has 0 aliphatic rings. The van der Waals surface area contributed by atoms with Crippen LogP contribution in [0.3, 0.4) is 0 Å². The fourth-order valence-corrected chi connectivity index (χ4v) is 3.44. The molecule has 0 saturated carbocycles. The zero-order valence-corrected chi connectivity index (χ0v) is 20.1. The van der Waals surface area contributed by atoms with E-state index in [1.54, 1.807) is 37.3 Å². The van der Waals surface area contributed by atoms with Gasteiger partial charge < -0.3 is 15.0 Å². The number of carbonyl (C=O) groups is 2. The van der Waals surface area contributed by atoms with Gasteiger partial charge in [-0.25, -0.2) is 0 Å². The summed E-state index contributed by atoms with van der Waals surface area (Å²) in [5, 5.41) is 3.82. The Kier molecular flexibility index (Phi) is 9.95. The number of rotatable bonds is 10. The molecule has 2 amide bonds. The van der Waals surface area contributed by atoms with Crippen molar-refractivity contribution in [2.24, 2.45) is 0 Å². The van der Waals surface area contributed by atoms with E-state index >= 15 is 0 Å². The first kappa shape index (κ1) is 24.5. The van der Waals surface area contributed by atoms with Crippen molar-refractivity contribution in [1.82, 2.24) is 10.2 Å². The van der Waals surface area contributed by atoms with Crippen LogP contribution in [0.25, 0.3) is 0 Å². The Morgan fingerprint density at radius 1 is 1.17 bits per heavy atom. The highest BCUT2D eigenvalue weighted by molar-refractivity contribution is 9.10. The molecule has 0 radical (unpaired) electrons. The van der Waals surface area contributed by atoms with E-state index in [4.69, 9.17) is 27.9 Å². The summed E-state index contributed by atoms with van der Waals surface area (Å²) in [6.07, 6.45) is 1.85. The van der Waals surface area contributed by atoms with E-state index in [2.05, 4.69) is 21.2 Å². The molecule has 0 aromatic heterocycles. The number of benzene rings is 2. The monoisotopic (exact) mass is 514 g/mol. The van der Waals surface area contributed by atoms with Crippen molar-refractivity contribution in [2.45, 2.75) is 39.3 Å². The van der Waals surface area contributed by atoms with Gasteiger partial charge in [0.15, 0.2) is 6.61 Å². The molecule has 162 valence electrons. The molecule has 0 heterocycles. The lowest BCUT2D eigenvalue weighted by Crippen LogP contribution is -2.49. The van der Waals surface area contributed by atoms with Crippen LogP contribution < -0.4 is 10.1 Å². The average Bonchev–Trinajstić information content (AvgIpc) is 2.72. The van der Waals surface area contributed by atoms with E-state index in [0.29, 0.717) is 27.9 Å². The molecular formula is C22H25BrCl2N2O3. The lowest BCUT2D eigenvalue weighted by molar-refractivity contribution is -0.142. The molecule has 2 aromatic carbocycles. The maximum Gasteiger partial charge on any atom is 0.261 e. The molecule has 0 unspecified atom stereocenters. The third-order valence-corrected chi connectivity index (χ3v) is 5.64. The van der Waals surface area contributed by atoms with Crippen molar-refractivity contribution in [3.63, 3.8) is 0 Å². The van der Waals surface area contributed by atoms with E-state index in [1.165, 1.54) is 4.90 Å². The first-order valence-electron chi connectivity index (χ1n) is 9.71. The number of hydrogen-bond acceptors (Lipinski definition) is 3. The van der Waals surface area contributed by atoms with Crippen LogP contribution >= 0.6 is 39.1 Å². The maximum atomic E-state index is 13.0. The third-order valence-electron chi connectivity index (χ3n) is 4.53. The van der Waals surface area contributed by atoms with Gasteiger partial charge in [-0.05, 0) is 55.3 Å². The normalized spacial score (nSPS) is 11.6. The Hall–Kier alpha value is -1.76. The summed E-state index contributed by atoms with van der Waals surface area (Å²) in [7, 11) is 0. The Labute approximate surface area is 195 Å². The molecule has 5 nitrogen and oxygen atoms in total. The minimum absolute atomic E-state index is 0.168. The molecule has 0 fully saturated rings. The Morgan fingerprint density at radius 3 is 2.50 bits per heavy atom. The van der Waals surface area contributed by atoms with Gasteiger partial charge in [-0.1, -0.05) is 58.5 Å². The Balaban J connectivity index is 2.14. The standard InChI is InChI=1S/C22H25BrCl2N2O3/c1-3-4-11-26-22(29)15(2)27(13-16-5-8-18(24)12-20(16)25)21(28)14-30-19-9-6-17(23)7-10-19/h5-10,12,15H,3-4,11,13-14H2,1-2H3,(H,26,29)/t15-/m1/s1. The molecule has 0 saturated heterocycles. The van der Waals surface area contributed by atoms with Gasteiger partial charge >= 0.3 is 0 Å². The summed E-state index contributed by atoms with van der Waals surface area (Å²) in [6.45, 7) is 4.29. The van der Waals surface area contributed by atoms with Gasteiger partial charge in [-0.3, -0.25) is 9.59 Å². The zero-order valence-electron chi connectivity index (χ0n) is 17.0. The SMILES string of the molecule is CCCCNC(=O)[C@@H](C)N(Cc1ccc(Cl)cc1Cl)C(=O)COc1ccc(Br)cc1. The maximum absolute atomic E-state index is 13.0. The topological polar surface area (TPSA) is 58.6 Å². The molecular weight excluding hydrogens is 491 g/mol. The predicted molar refractivity (Wildman–Crippen MR) is 124 cm³/mol. The highest BCUT2D eigenvalue weighted by Crippen LogP contribution is 2.23. The number of nitrogens with zero attached hydrogens (tertiary/aromatic N) is 1. The number of carbonyl (C=O) groups excluding carboxylic acids is 2. The average molecular weight is 516 g/mol. The number of hydrogen-bond donors (Lipinski definition) is 1. The van der Waals surface area contributed by atoms with Gasteiger partial charge in [0.1, 0.15) is 11.8 Å². The second-order valence-corrected chi connectivity index (χ2v) is 8.58. The first-order valence-corrected chi connectivity index (χ1v) is 11.3.